The molecule has 5 heteroatoms. The Hall–Kier alpha value is -8.12. The molecule has 9 aromatic carbocycles. The maximum Gasteiger partial charge on any atom is 0.160 e. The van der Waals surface area contributed by atoms with E-state index in [1.807, 2.05) is 53.8 Å². The Balaban J connectivity index is 0.974. The number of hydrogen-bond acceptors (Lipinski definition) is 5. The van der Waals surface area contributed by atoms with Crippen LogP contribution in [0.25, 0.3) is 131 Å². The van der Waals surface area contributed by atoms with Gasteiger partial charge in [0, 0.05) is 58.4 Å². The zero-order chi connectivity index (χ0) is 41.4. The Morgan fingerprint density at radius 3 is 1.40 bits per heavy atom. The molecule has 0 N–H and O–H groups in total. The molecule has 0 amide bonds. The number of hydrogen-bond donors (Lipinski definition) is 0. The molecule has 0 spiro atoms. The summed E-state index contributed by atoms with van der Waals surface area (Å²) in [6.07, 6.45) is 0. The van der Waals surface area contributed by atoms with E-state index in [1.165, 1.54) is 25.7 Å². The van der Waals surface area contributed by atoms with Gasteiger partial charge in [-0.2, -0.15) is 0 Å². The van der Waals surface area contributed by atoms with Crippen molar-refractivity contribution in [1.82, 2.24) is 9.97 Å². The molecule has 0 fully saturated rings. The summed E-state index contributed by atoms with van der Waals surface area (Å²) >= 11 is 1.84. The molecule has 0 aliphatic rings. The van der Waals surface area contributed by atoms with Gasteiger partial charge in [0.1, 0.15) is 22.3 Å². The molecule has 0 aliphatic carbocycles. The minimum atomic E-state index is 0.673. The lowest BCUT2D eigenvalue weighted by atomic mass is 9.93. The van der Waals surface area contributed by atoms with Crippen LogP contribution in [-0.2, 0) is 0 Å². The van der Waals surface area contributed by atoms with Gasteiger partial charge in [0.25, 0.3) is 0 Å². The first-order chi connectivity index (χ1) is 31.1. The third kappa shape index (κ3) is 6.12. The average molecular weight is 823 g/mol. The summed E-state index contributed by atoms with van der Waals surface area (Å²) in [7, 11) is 0. The lowest BCUT2D eigenvalue weighted by Crippen LogP contribution is -1.96. The number of thiophene rings is 1. The van der Waals surface area contributed by atoms with Crippen molar-refractivity contribution in [2.75, 3.05) is 0 Å². The zero-order valence-electron chi connectivity index (χ0n) is 33.7. The van der Waals surface area contributed by atoms with Gasteiger partial charge in [0.2, 0.25) is 0 Å². The van der Waals surface area contributed by atoms with Gasteiger partial charge < -0.3 is 8.83 Å². The minimum Gasteiger partial charge on any atom is -0.456 e. The van der Waals surface area contributed by atoms with Crippen LogP contribution in [0.3, 0.4) is 0 Å². The van der Waals surface area contributed by atoms with E-state index in [9.17, 15) is 0 Å². The Morgan fingerprint density at radius 2 is 0.730 bits per heavy atom. The maximum absolute atomic E-state index is 6.24. The lowest BCUT2D eigenvalue weighted by Gasteiger charge is -2.14. The van der Waals surface area contributed by atoms with E-state index in [0.29, 0.717) is 5.82 Å². The highest BCUT2D eigenvalue weighted by atomic mass is 32.1. The first-order valence-electron chi connectivity index (χ1n) is 21.1. The normalized spacial score (nSPS) is 11.8. The van der Waals surface area contributed by atoms with E-state index in [2.05, 4.69) is 164 Å². The summed E-state index contributed by atoms with van der Waals surface area (Å²) in [6.45, 7) is 0. The van der Waals surface area contributed by atoms with Crippen LogP contribution in [0.1, 0.15) is 0 Å². The minimum absolute atomic E-state index is 0.673. The second-order valence-corrected chi connectivity index (χ2v) is 17.2. The van der Waals surface area contributed by atoms with Crippen molar-refractivity contribution >= 4 is 75.4 Å². The van der Waals surface area contributed by atoms with E-state index in [-0.39, 0.29) is 0 Å². The SMILES string of the molecule is c1ccc(-c2nc(-c3ccc(-c4ccc5sc6ccccc6c5c4)cc3)cc(-c3cc(-c4ccc5oc6ccccc6c5c4)cc(-c4ccc5oc6ccccc6c5c4)c3)n2)cc1. The van der Waals surface area contributed by atoms with Crippen LogP contribution in [0.2, 0.25) is 0 Å². The largest absolute Gasteiger partial charge is 0.456 e. The van der Waals surface area contributed by atoms with Gasteiger partial charge in [0.05, 0.1) is 11.4 Å². The standard InChI is InChI=1S/C58H34N2O2S/c1-2-10-37(11-3-1)58-59-50(36-20-18-35(19-21-36)38-24-27-57-49(33-38)46-14-6-9-17-56(46)63-57)34-51(60-58)43-29-41(39-22-25-54-47(31-39)44-12-4-7-15-52(44)61-54)28-42(30-43)40-23-26-55-48(32-40)45-13-5-8-16-53(45)62-55/h1-34H. The van der Waals surface area contributed by atoms with E-state index in [4.69, 9.17) is 18.8 Å². The van der Waals surface area contributed by atoms with Crippen molar-refractivity contribution in [3.05, 3.63) is 206 Å². The highest BCUT2D eigenvalue weighted by molar-refractivity contribution is 7.25. The van der Waals surface area contributed by atoms with Crippen molar-refractivity contribution in [2.24, 2.45) is 0 Å². The van der Waals surface area contributed by atoms with E-state index in [1.54, 1.807) is 0 Å². The van der Waals surface area contributed by atoms with Crippen LogP contribution in [-0.4, -0.2) is 9.97 Å². The molecule has 0 bridgehead atoms. The highest BCUT2D eigenvalue weighted by Crippen LogP contribution is 2.40. The van der Waals surface area contributed by atoms with Gasteiger partial charge in [-0.25, -0.2) is 9.97 Å². The van der Waals surface area contributed by atoms with Gasteiger partial charge in [-0.3, -0.25) is 0 Å². The van der Waals surface area contributed by atoms with Gasteiger partial charge in [0.15, 0.2) is 5.82 Å². The molecule has 4 nitrogen and oxygen atoms in total. The molecule has 0 saturated carbocycles. The van der Waals surface area contributed by atoms with Crippen LogP contribution >= 0.6 is 11.3 Å². The summed E-state index contributed by atoms with van der Waals surface area (Å²) < 4.78 is 15.1. The molecule has 4 heterocycles. The highest BCUT2D eigenvalue weighted by Gasteiger charge is 2.17. The predicted octanol–water partition coefficient (Wildman–Crippen LogP) is 16.6. The lowest BCUT2D eigenvalue weighted by molar-refractivity contribution is 0.668. The first-order valence-corrected chi connectivity index (χ1v) is 21.9. The fraction of sp³-hybridized carbons (Fsp3) is 0. The smallest absolute Gasteiger partial charge is 0.160 e. The molecule has 0 radical (unpaired) electrons. The summed E-state index contributed by atoms with van der Waals surface area (Å²) in [5.74, 6) is 0.673. The summed E-state index contributed by atoms with van der Waals surface area (Å²) in [5.41, 5.74) is 14.9. The molecule has 4 aromatic heterocycles. The molecule has 0 unspecified atom stereocenters. The van der Waals surface area contributed by atoms with Crippen molar-refractivity contribution in [3.8, 4) is 67.3 Å². The summed E-state index contributed by atoms with van der Waals surface area (Å²) in [4.78, 5) is 10.5. The molecule has 63 heavy (non-hydrogen) atoms. The number of furan rings is 2. The zero-order valence-corrected chi connectivity index (χ0v) is 34.6. The molecule has 294 valence electrons. The number of benzene rings is 9. The third-order valence-electron chi connectivity index (χ3n) is 12.3. The Bertz CT molecular complexity index is 3780. The van der Waals surface area contributed by atoms with Crippen molar-refractivity contribution in [2.45, 2.75) is 0 Å². The molecular formula is C58H34N2O2S. The topological polar surface area (TPSA) is 52.1 Å². The van der Waals surface area contributed by atoms with Crippen LogP contribution in [0.15, 0.2) is 215 Å². The van der Waals surface area contributed by atoms with Crippen LogP contribution in [0, 0.1) is 0 Å². The van der Waals surface area contributed by atoms with Gasteiger partial charge in [-0.05, 0) is 112 Å². The Kier molecular flexibility index (Phi) is 8.05. The van der Waals surface area contributed by atoms with E-state index in [0.717, 1.165) is 99.8 Å². The Morgan fingerprint density at radius 1 is 0.270 bits per heavy atom. The van der Waals surface area contributed by atoms with E-state index < -0.39 is 0 Å². The molecule has 0 atom stereocenters. The molecule has 0 saturated heterocycles. The molecule has 0 aliphatic heterocycles. The summed E-state index contributed by atoms with van der Waals surface area (Å²) in [6, 6.07) is 72.9. The third-order valence-corrected chi connectivity index (χ3v) is 13.4. The predicted molar refractivity (Wildman–Crippen MR) is 262 cm³/mol. The number of rotatable bonds is 6. The number of nitrogens with zero attached hydrogens (tertiary/aromatic N) is 2. The quantitative estimate of drug-likeness (QED) is 0.168. The second kappa shape index (κ2) is 14.2. The number of para-hydroxylation sites is 2. The van der Waals surface area contributed by atoms with Crippen molar-refractivity contribution in [1.29, 1.82) is 0 Å². The number of fused-ring (bicyclic) bond motifs is 9. The van der Waals surface area contributed by atoms with Crippen molar-refractivity contribution in [3.63, 3.8) is 0 Å². The average Bonchev–Trinajstić information content (AvgIpc) is 4.04. The van der Waals surface area contributed by atoms with Crippen LogP contribution in [0.5, 0.6) is 0 Å². The van der Waals surface area contributed by atoms with Gasteiger partial charge in [-0.1, -0.05) is 127 Å². The van der Waals surface area contributed by atoms with Gasteiger partial charge >= 0.3 is 0 Å². The monoisotopic (exact) mass is 822 g/mol. The first kappa shape index (κ1) is 35.6. The van der Waals surface area contributed by atoms with Crippen LogP contribution in [0.4, 0.5) is 0 Å². The number of aromatic nitrogens is 2. The molecular weight excluding hydrogens is 789 g/mol. The molecule has 13 aromatic rings. The Labute approximate surface area is 366 Å². The van der Waals surface area contributed by atoms with E-state index >= 15 is 0 Å². The fourth-order valence-electron chi connectivity index (χ4n) is 9.12. The maximum atomic E-state index is 6.24. The van der Waals surface area contributed by atoms with Crippen LogP contribution < -0.4 is 0 Å². The summed E-state index contributed by atoms with van der Waals surface area (Å²) in [5, 5.41) is 6.97. The van der Waals surface area contributed by atoms with Crippen molar-refractivity contribution < 1.29 is 8.83 Å². The molecule has 13 rings (SSSR count). The van der Waals surface area contributed by atoms with Gasteiger partial charge in [-0.15, -0.1) is 11.3 Å². The second-order valence-electron chi connectivity index (χ2n) is 16.1. The fourth-order valence-corrected chi connectivity index (χ4v) is 10.2.